The number of carbonyl (C=O) groups excluding carboxylic acids is 1. The zero-order valence-electron chi connectivity index (χ0n) is 13.5. The standard InChI is InChI=1S/C19H19NO4/c1-12-4-6-14(15(21)10-12)18(22)20-13-5-7-16-17(11-13)24-19(23-16)8-2-3-9-19/h4-7,10-11,21H,2-3,8-9H2,1H3,(H,20,22). The summed E-state index contributed by atoms with van der Waals surface area (Å²) in [4.78, 5) is 12.4. The van der Waals surface area contributed by atoms with Gasteiger partial charge in [0, 0.05) is 24.6 Å². The van der Waals surface area contributed by atoms with Crippen molar-refractivity contribution in [2.75, 3.05) is 5.32 Å². The maximum atomic E-state index is 12.4. The number of nitrogens with one attached hydrogen (secondary N) is 1. The maximum Gasteiger partial charge on any atom is 0.259 e. The molecule has 0 bridgehead atoms. The molecule has 2 aromatic carbocycles. The quantitative estimate of drug-likeness (QED) is 0.876. The number of benzene rings is 2. The van der Waals surface area contributed by atoms with Crippen molar-refractivity contribution in [2.45, 2.75) is 38.4 Å². The van der Waals surface area contributed by atoms with Gasteiger partial charge in [0.2, 0.25) is 0 Å². The van der Waals surface area contributed by atoms with Gasteiger partial charge in [0.15, 0.2) is 11.5 Å². The molecule has 124 valence electrons. The molecule has 1 aliphatic carbocycles. The van der Waals surface area contributed by atoms with E-state index in [0.717, 1.165) is 31.2 Å². The number of amides is 1. The molecule has 1 amide bonds. The first-order chi connectivity index (χ1) is 11.5. The summed E-state index contributed by atoms with van der Waals surface area (Å²) in [6.07, 6.45) is 3.98. The van der Waals surface area contributed by atoms with Crippen molar-refractivity contribution in [1.29, 1.82) is 0 Å². The first-order valence-electron chi connectivity index (χ1n) is 8.18. The Labute approximate surface area is 140 Å². The van der Waals surface area contributed by atoms with Crippen LogP contribution in [0.4, 0.5) is 5.69 Å². The third kappa shape index (κ3) is 2.56. The van der Waals surface area contributed by atoms with Crippen LogP contribution in [0.25, 0.3) is 0 Å². The van der Waals surface area contributed by atoms with Gasteiger partial charge in [0.05, 0.1) is 5.56 Å². The van der Waals surface area contributed by atoms with Crippen LogP contribution >= 0.6 is 0 Å². The first-order valence-corrected chi connectivity index (χ1v) is 8.18. The maximum absolute atomic E-state index is 12.4. The first kappa shape index (κ1) is 14.9. The number of aryl methyl sites for hydroxylation is 1. The average Bonchev–Trinajstić information content (AvgIpc) is 3.13. The number of phenols is 1. The van der Waals surface area contributed by atoms with Gasteiger partial charge in [0.25, 0.3) is 11.7 Å². The number of ether oxygens (including phenoxy) is 2. The molecule has 2 aromatic rings. The van der Waals surface area contributed by atoms with Crippen molar-refractivity contribution in [3.05, 3.63) is 47.5 Å². The van der Waals surface area contributed by atoms with Crippen LogP contribution in [0, 0.1) is 6.92 Å². The number of carbonyl (C=O) groups is 1. The molecule has 1 aliphatic heterocycles. The number of hydrogen-bond acceptors (Lipinski definition) is 4. The molecule has 1 spiro atoms. The summed E-state index contributed by atoms with van der Waals surface area (Å²) in [6.45, 7) is 1.86. The van der Waals surface area contributed by atoms with E-state index in [0.29, 0.717) is 17.2 Å². The fourth-order valence-corrected chi connectivity index (χ4v) is 3.32. The van der Waals surface area contributed by atoms with Gasteiger partial charge >= 0.3 is 0 Å². The third-order valence-corrected chi connectivity index (χ3v) is 4.56. The van der Waals surface area contributed by atoms with E-state index in [4.69, 9.17) is 9.47 Å². The molecule has 0 saturated heterocycles. The summed E-state index contributed by atoms with van der Waals surface area (Å²) < 4.78 is 12.0. The predicted molar refractivity (Wildman–Crippen MR) is 89.7 cm³/mol. The molecule has 1 fully saturated rings. The minimum Gasteiger partial charge on any atom is -0.507 e. The molecule has 5 nitrogen and oxygen atoms in total. The smallest absolute Gasteiger partial charge is 0.259 e. The van der Waals surface area contributed by atoms with Crippen molar-refractivity contribution in [2.24, 2.45) is 0 Å². The second kappa shape index (κ2) is 5.44. The molecule has 1 saturated carbocycles. The van der Waals surface area contributed by atoms with E-state index in [2.05, 4.69) is 5.32 Å². The SMILES string of the molecule is Cc1ccc(C(=O)Nc2ccc3c(c2)OC2(CCCC2)O3)c(O)c1. The van der Waals surface area contributed by atoms with Crippen molar-refractivity contribution < 1.29 is 19.4 Å². The second-order valence-corrected chi connectivity index (χ2v) is 6.46. The predicted octanol–water partition coefficient (Wildman–Crippen LogP) is 3.99. The van der Waals surface area contributed by atoms with E-state index in [-0.39, 0.29) is 17.2 Å². The Hall–Kier alpha value is -2.69. The highest BCUT2D eigenvalue weighted by Gasteiger charge is 2.44. The van der Waals surface area contributed by atoms with Gasteiger partial charge in [-0.1, -0.05) is 6.07 Å². The minimum absolute atomic E-state index is 0.0295. The van der Waals surface area contributed by atoms with Gasteiger partial charge < -0.3 is 19.9 Å². The van der Waals surface area contributed by atoms with Crippen LogP contribution in [0.3, 0.4) is 0 Å². The lowest BCUT2D eigenvalue weighted by Gasteiger charge is -2.21. The third-order valence-electron chi connectivity index (χ3n) is 4.56. The summed E-state index contributed by atoms with van der Waals surface area (Å²) in [5, 5.41) is 12.7. The van der Waals surface area contributed by atoms with Gasteiger partial charge in [-0.2, -0.15) is 0 Å². The van der Waals surface area contributed by atoms with Crippen LogP contribution < -0.4 is 14.8 Å². The van der Waals surface area contributed by atoms with E-state index < -0.39 is 5.79 Å². The van der Waals surface area contributed by atoms with E-state index >= 15 is 0 Å². The Kier molecular flexibility index (Phi) is 3.37. The molecule has 2 aliphatic rings. The summed E-state index contributed by atoms with van der Waals surface area (Å²) >= 11 is 0. The summed E-state index contributed by atoms with van der Waals surface area (Å²) in [6, 6.07) is 10.3. The number of rotatable bonds is 2. The summed E-state index contributed by atoms with van der Waals surface area (Å²) in [5.74, 6) is 0.469. The van der Waals surface area contributed by atoms with Crippen LogP contribution in [0.1, 0.15) is 41.6 Å². The fourth-order valence-electron chi connectivity index (χ4n) is 3.32. The zero-order valence-corrected chi connectivity index (χ0v) is 13.5. The molecular weight excluding hydrogens is 306 g/mol. The number of anilines is 1. The Balaban J connectivity index is 1.53. The fraction of sp³-hybridized carbons (Fsp3) is 0.316. The largest absolute Gasteiger partial charge is 0.507 e. The van der Waals surface area contributed by atoms with Gasteiger partial charge in [-0.3, -0.25) is 4.79 Å². The van der Waals surface area contributed by atoms with Crippen molar-refractivity contribution in [1.82, 2.24) is 0 Å². The Bertz CT molecular complexity index is 809. The molecule has 0 radical (unpaired) electrons. The molecule has 0 aromatic heterocycles. The highest BCUT2D eigenvalue weighted by Crippen LogP contribution is 2.47. The molecule has 4 rings (SSSR count). The van der Waals surface area contributed by atoms with Crippen LogP contribution in [0.15, 0.2) is 36.4 Å². The van der Waals surface area contributed by atoms with Crippen LogP contribution in [-0.2, 0) is 0 Å². The number of hydrogen-bond donors (Lipinski definition) is 2. The highest BCUT2D eigenvalue weighted by molar-refractivity contribution is 6.06. The van der Waals surface area contributed by atoms with Gasteiger partial charge in [-0.15, -0.1) is 0 Å². The Morgan fingerprint density at radius 2 is 1.83 bits per heavy atom. The lowest BCUT2D eigenvalue weighted by molar-refractivity contribution is -0.0716. The topological polar surface area (TPSA) is 67.8 Å². The monoisotopic (exact) mass is 325 g/mol. The Morgan fingerprint density at radius 1 is 1.08 bits per heavy atom. The van der Waals surface area contributed by atoms with Gasteiger partial charge in [-0.25, -0.2) is 0 Å². The molecular formula is C19H19NO4. The average molecular weight is 325 g/mol. The highest BCUT2D eigenvalue weighted by atomic mass is 16.7. The zero-order chi connectivity index (χ0) is 16.7. The Morgan fingerprint density at radius 3 is 2.58 bits per heavy atom. The van der Waals surface area contributed by atoms with Gasteiger partial charge in [-0.05, 0) is 49.6 Å². The number of fused-ring (bicyclic) bond motifs is 1. The number of phenolic OH excluding ortho intramolecular Hbond substituents is 1. The normalized spacial score (nSPS) is 17.2. The van der Waals surface area contributed by atoms with Crippen LogP contribution in [-0.4, -0.2) is 16.8 Å². The van der Waals surface area contributed by atoms with Crippen LogP contribution in [0.5, 0.6) is 17.2 Å². The van der Waals surface area contributed by atoms with E-state index in [9.17, 15) is 9.90 Å². The summed E-state index contributed by atoms with van der Waals surface area (Å²) in [7, 11) is 0. The number of aromatic hydroxyl groups is 1. The van der Waals surface area contributed by atoms with Crippen molar-refractivity contribution in [3.63, 3.8) is 0 Å². The molecule has 0 atom stereocenters. The minimum atomic E-state index is -0.514. The molecule has 24 heavy (non-hydrogen) atoms. The van der Waals surface area contributed by atoms with E-state index in [1.807, 2.05) is 13.0 Å². The van der Waals surface area contributed by atoms with E-state index in [1.165, 1.54) is 0 Å². The summed E-state index contributed by atoms with van der Waals surface area (Å²) in [5.41, 5.74) is 1.75. The van der Waals surface area contributed by atoms with Crippen LogP contribution in [0.2, 0.25) is 0 Å². The molecule has 0 unspecified atom stereocenters. The van der Waals surface area contributed by atoms with Crippen molar-refractivity contribution >= 4 is 11.6 Å². The van der Waals surface area contributed by atoms with Crippen molar-refractivity contribution in [3.8, 4) is 17.2 Å². The second-order valence-electron chi connectivity index (χ2n) is 6.46. The van der Waals surface area contributed by atoms with Gasteiger partial charge in [0.1, 0.15) is 5.75 Å². The molecule has 1 heterocycles. The van der Waals surface area contributed by atoms with E-state index in [1.54, 1.807) is 30.3 Å². The lowest BCUT2D eigenvalue weighted by Crippen LogP contribution is -2.34. The molecule has 5 heteroatoms. The molecule has 2 N–H and O–H groups in total. The lowest BCUT2D eigenvalue weighted by atomic mass is 10.1.